The van der Waals surface area contributed by atoms with E-state index in [-0.39, 0.29) is 0 Å². The molecule has 0 aliphatic carbocycles. The van der Waals surface area contributed by atoms with Gasteiger partial charge in [-0.25, -0.2) is 9.97 Å². The van der Waals surface area contributed by atoms with Crippen molar-refractivity contribution < 1.29 is 4.74 Å². The van der Waals surface area contributed by atoms with Gasteiger partial charge in [0.25, 0.3) is 0 Å². The second-order valence-corrected chi connectivity index (χ2v) is 5.61. The zero-order chi connectivity index (χ0) is 16.7. The zero-order valence-corrected chi connectivity index (χ0v) is 13.4. The van der Waals surface area contributed by atoms with Crippen LogP contribution >= 0.6 is 0 Å². The van der Waals surface area contributed by atoms with Crippen LogP contribution < -0.4 is 10.5 Å². The van der Waals surface area contributed by atoms with Gasteiger partial charge in [-0.05, 0) is 19.1 Å². The summed E-state index contributed by atoms with van der Waals surface area (Å²) in [5, 5.41) is 1.00. The van der Waals surface area contributed by atoms with Crippen molar-refractivity contribution in [2.45, 2.75) is 6.92 Å². The Labute approximate surface area is 138 Å². The van der Waals surface area contributed by atoms with Crippen LogP contribution in [0, 0.1) is 6.92 Å². The second-order valence-electron chi connectivity index (χ2n) is 5.61. The first-order valence-corrected chi connectivity index (χ1v) is 7.60. The molecule has 0 amide bonds. The smallest absolute Gasteiger partial charge is 0.149 e. The Bertz CT molecular complexity index is 1030. The lowest BCUT2D eigenvalue weighted by Gasteiger charge is -2.07. The lowest BCUT2D eigenvalue weighted by Crippen LogP contribution is -1.90. The molecule has 0 unspecified atom stereocenters. The predicted octanol–water partition coefficient (Wildman–Crippen LogP) is 3.52. The number of anilines is 1. The first-order chi connectivity index (χ1) is 11.7. The number of para-hydroxylation sites is 1. The third-order valence-electron chi connectivity index (χ3n) is 4.07. The fourth-order valence-corrected chi connectivity index (χ4v) is 2.96. The maximum Gasteiger partial charge on any atom is 0.149 e. The molecular formula is C18H17N5O. The van der Waals surface area contributed by atoms with E-state index in [1.165, 1.54) is 0 Å². The number of nitrogens with one attached hydrogen (secondary N) is 2. The minimum absolute atomic E-state index is 0.475. The van der Waals surface area contributed by atoms with Gasteiger partial charge >= 0.3 is 0 Å². The molecule has 3 aromatic heterocycles. The van der Waals surface area contributed by atoms with Gasteiger partial charge in [-0.3, -0.25) is 0 Å². The van der Waals surface area contributed by atoms with E-state index in [0.717, 1.165) is 45.0 Å². The Hall–Kier alpha value is -3.28. The number of rotatable bonds is 3. The quantitative estimate of drug-likeness (QED) is 0.538. The number of benzene rings is 1. The van der Waals surface area contributed by atoms with E-state index in [0.29, 0.717) is 5.82 Å². The van der Waals surface area contributed by atoms with E-state index in [4.69, 9.17) is 10.5 Å². The van der Waals surface area contributed by atoms with Crippen molar-refractivity contribution in [2.24, 2.45) is 0 Å². The molecule has 120 valence electrons. The van der Waals surface area contributed by atoms with Gasteiger partial charge in [-0.15, -0.1) is 0 Å². The summed E-state index contributed by atoms with van der Waals surface area (Å²) >= 11 is 0. The number of methoxy groups -OCH3 is 1. The molecule has 3 heterocycles. The molecule has 4 N–H and O–H groups in total. The maximum absolute atomic E-state index is 5.99. The Morgan fingerprint density at radius 3 is 2.75 bits per heavy atom. The maximum atomic E-state index is 5.99. The lowest BCUT2D eigenvalue weighted by molar-refractivity contribution is 0.416. The Morgan fingerprint density at radius 1 is 1.17 bits per heavy atom. The molecular weight excluding hydrogens is 302 g/mol. The number of fused-ring (bicyclic) bond motifs is 1. The first-order valence-electron chi connectivity index (χ1n) is 7.60. The zero-order valence-electron chi connectivity index (χ0n) is 13.4. The number of nitrogens with two attached hydrogens (primary N) is 1. The Balaban J connectivity index is 1.92. The van der Waals surface area contributed by atoms with Crippen molar-refractivity contribution in [3.05, 3.63) is 48.5 Å². The number of aryl methyl sites for hydroxylation is 1. The summed E-state index contributed by atoms with van der Waals surface area (Å²) in [6.07, 6.45) is 3.73. The van der Waals surface area contributed by atoms with Crippen LogP contribution in [0.15, 0.2) is 42.7 Å². The normalized spacial score (nSPS) is 11.1. The number of aromatic amines is 2. The van der Waals surface area contributed by atoms with Crippen LogP contribution in [-0.4, -0.2) is 27.0 Å². The van der Waals surface area contributed by atoms with Crippen LogP contribution in [0.3, 0.4) is 0 Å². The highest BCUT2D eigenvalue weighted by atomic mass is 16.5. The van der Waals surface area contributed by atoms with Gasteiger partial charge in [0.15, 0.2) is 0 Å². The highest BCUT2D eigenvalue weighted by molar-refractivity contribution is 5.97. The number of aromatic nitrogens is 4. The van der Waals surface area contributed by atoms with Crippen molar-refractivity contribution in [2.75, 3.05) is 12.8 Å². The van der Waals surface area contributed by atoms with E-state index in [1.54, 1.807) is 13.3 Å². The summed E-state index contributed by atoms with van der Waals surface area (Å²) < 4.78 is 5.48. The monoisotopic (exact) mass is 319 g/mol. The third-order valence-corrected chi connectivity index (χ3v) is 4.07. The van der Waals surface area contributed by atoms with Crippen LogP contribution in [0.25, 0.3) is 33.4 Å². The van der Waals surface area contributed by atoms with Gasteiger partial charge in [-0.1, -0.05) is 18.2 Å². The minimum atomic E-state index is 0.475. The number of ether oxygens (including phenoxy) is 1. The number of nitrogen functional groups attached to an aromatic ring is 1. The van der Waals surface area contributed by atoms with Crippen molar-refractivity contribution in [1.82, 2.24) is 19.9 Å². The second kappa shape index (κ2) is 5.42. The molecule has 1 aromatic carbocycles. The Morgan fingerprint density at radius 2 is 2.00 bits per heavy atom. The van der Waals surface area contributed by atoms with E-state index >= 15 is 0 Å². The first kappa shape index (κ1) is 14.3. The number of hydrogen-bond acceptors (Lipinski definition) is 4. The number of imidazole rings is 1. The number of hydrogen-bond donors (Lipinski definition) is 3. The van der Waals surface area contributed by atoms with E-state index in [1.807, 2.05) is 37.4 Å². The van der Waals surface area contributed by atoms with Crippen molar-refractivity contribution in [1.29, 1.82) is 0 Å². The number of H-pyrrole nitrogens is 2. The molecule has 24 heavy (non-hydrogen) atoms. The van der Waals surface area contributed by atoms with Crippen LogP contribution in [0.2, 0.25) is 0 Å². The molecule has 0 radical (unpaired) electrons. The summed E-state index contributed by atoms with van der Waals surface area (Å²) in [5.74, 6) is 2.07. The van der Waals surface area contributed by atoms with Gasteiger partial charge in [0.2, 0.25) is 0 Å². The highest BCUT2D eigenvalue weighted by Gasteiger charge is 2.14. The molecule has 0 aliphatic rings. The van der Waals surface area contributed by atoms with Crippen LogP contribution in [-0.2, 0) is 0 Å². The fourth-order valence-electron chi connectivity index (χ4n) is 2.96. The molecule has 4 aromatic rings. The molecule has 0 fully saturated rings. The minimum Gasteiger partial charge on any atom is -0.496 e. The lowest BCUT2D eigenvalue weighted by atomic mass is 10.0. The summed E-state index contributed by atoms with van der Waals surface area (Å²) in [7, 11) is 1.67. The predicted molar refractivity (Wildman–Crippen MR) is 94.8 cm³/mol. The fraction of sp³-hybridized carbons (Fsp3) is 0.111. The largest absolute Gasteiger partial charge is 0.496 e. The van der Waals surface area contributed by atoms with Crippen LogP contribution in [0.4, 0.5) is 5.82 Å². The molecule has 6 heteroatoms. The molecule has 0 spiro atoms. The molecule has 6 nitrogen and oxygen atoms in total. The van der Waals surface area contributed by atoms with Gasteiger partial charge in [-0.2, -0.15) is 0 Å². The SMILES string of the molecule is COc1ccccc1-c1c[nH]c2ncc(-c3[nH]c(C)nc3N)cc12. The summed E-state index contributed by atoms with van der Waals surface area (Å²) in [6, 6.07) is 9.98. The standard InChI is InChI=1S/C18H17N5O/c1-10-22-16(17(19)23-10)11-7-13-14(9-21-18(13)20-8-11)12-5-3-4-6-15(12)24-2/h3-9H,19H2,1-2H3,(H,20,21)(H,22,23). The summed E-state index contributed by atoms with van der Waals surface area (Å²) in [6.45, 7) is 1.88. The average molecular weight is 319 g/mol. The molecule has 0 aliphatic heterocycles. The number of nitrogens with zero attached hydrogens (tertiary/aromatic N) is 2. The van der Waals surface area contributed by atoms with Gasteiger partial charge in [0.05, 0.1) is 12.8 Å². The summed E-state index contributed by atoms with van der Waals surface area (Å²) in [4.78, 5) is 15.1. The van der Waals surface area contributed by atoms with Crippen LogP contribution in [0.5, 0.6) is 5.75 Å². The van der Waals surface area contributed by atoms with Gasteiger partial charge < -0.3 is 20.4 Å². The highest BCUT2D eigenvalue weighted by Crippen LogP contribution is 2.36. The molecule has 4 rings (SSSR count). The molecule has 0 saturated carbocycles. The molecule has 0 atom stereocenters. The van der Waals surface area contributed by atoms with Crippen molar-refractivity contribution in [3.63, 3.8) is 0 Å². The average Bonchev–Trinajstić information content (AvgIpc) is 3.16. The molecule has 0 bridgehead atoms. The van der Waals surface area contributed by atoms with Crippen molar-refractivity contribution in [3.8, 4) is 28.1 Å². The van der Waals surface area contributed by atoms with Gasteiger partial charge in [0, 0.05) is 34.5 Å². The van der Waals surface area contributed by atoms with E-state index in [9.17, 15) is 0 Å². The van der Waals surface area contributed by atoms with E-state index in [2.05, 4.69) is 26.0 Å². The topological polar surface area (TPSA) is 92.6 Å². The Kier molecular flexibility index (Phi) is 3.23. The number of pyridine rings is 1. The molecule has 0 saturated heterocycles. The third kappa shape index (κ3) is 2.20. The van der Waals surface area contributed by atoms with E-state index < -0.39 is 0 Å². The van der Waals surface area contributed by atoms with Crippen LogP contribution in [0.1, 0.15) is 5.82 Å². The van der Waals surface area contributed by atoms with Gasteiger partial charge in [0.1, 0.15) is 23.0 Å². The van der Waals surface area contributed by atoms with Crippen molar-refractivity contribution >= 4 is 16.9 Å². The summed E-state index contributed by atoms with van der Waals surface area (Å²) in [5.41, 5.74) is 10.5.